The molecule has 7 rings (SSSR count). The molecule has 8 heteroatoms. The Balaban J connectivity index is 1.23. The molecule has 3 aliphatic rings. The van der Waals surface area contributed by atoms with Crippen LogP contribution in [-0.2, 0) is 11.3 Å². The van der Waals surface area contributed by atoms with Crippen LogP contribution in [0.15, 0.2) is 76.5 Å². The van der Waals surface area contributed by atoms with Gasteiger partial charge in [0.25, 0.3) is 5.91 Å². The fourth-order valence-electron chi connectivity index (χ4n) is 6.72. The van der Waals surface area contributed by atoms with Gasteiger partial charge in [-0.25, -0.2) is 0 Å². The van der Waals surface area contributed by atoms with Crippen LogP contribution >= 0.6 is 0 Å². The third-order valence-electron chi connectivity index (χ3n) is 9.16. The number of rotatable bonds is 6. The van der Waals surface area contributed by atoms with Crippen molar-refractivity contribution in [2.45, 2.75) is 31.3 Å². The minimum Gasteiger partial charge on any atom is -0.355 e. The standard InChI is InChI=1S/C36H37N5O3/c1-22-34(42)28-5-4-6-29-31(28)33(37-22)30(32(38-29)25-9-7-23(8-10-25)21-39(2)3)24-11-13-26(14-12-24)35(43)40-17-19-41(20-18-40)36(44)27-15-16-27/h4-14,27,30,32,37H,1,15-21H2,2-3H3. The van der Waals surface area contributed by atoms with Gasteiger partial charge < -0.3 is 19.7 Å². The highest BCUT2D eigenvalue weighted by Crippen LogP contribution is 2.42. The number of piperazine rings is 1. The molecule has 1 aromatic heterocycles. The van der Waals surface area contributed by atoms with Crippen molar-refractivity contribution >= 4 is 29.2 Å². The fraction of sp³-hybridized carbons (Fsp3) is 0.333. The van der Waals surface area contributed by atoms with Crippen LogP contribution in [0.4, 0.5) is 0 Å². The maximum absolute atomic E-state index is 13.5. The van der Waals surface area contributed by atoms with Crippen molar-refractivity contribution in [1.82, 2.24) is 19.7 Å². The number of H-pyrrole nitrogens is 1. The highest BCUT2D eigenvalue weighted by molar-refractivity contribution is 5.94. The van der Waals surface area contributed by atoms with Gasteiger partial charge in [-0.2, -0.15) is 0 Å². The molecule has 1 saturated carbocycles. The Kier molecular flexibility index (Phi) is 7.17. The first-order valence-electron chi connectivity index (χ1n) is 15.4. The third-order valence-corrected chi connectivity index (χ3v) is 9.16. The number of aromatic amines is 1. The maximum Gasteiger partial charge on any atom is 0.253 e. The second-order valence-electron chi connectivity index (χ2n) is 12.6. The lowest BCUT2D eigenvalue weighted by molar-refractivity contribution is -0.134. The first kappa shape index (κ1) is 28.2. The van der Waals surface area contributed by atoms with E-state index in [1.165, 1.54) is 5.56 Å². The molecule has 44 heavy (non-hydrogen) atoms. The number of benzene rings is 3. The molecule has 1 aliphatic carbocycles. The van der Waals surface area contributed by atoms with Crippen molar-refractivity contribution < 1.29 is 9.59 Å². The number of aromatic nitrogens is 1. The van der Waals surface area contributed by atoms with E-state index in [-0.39, 0.29) is 35.1 Å². The Labute approximate surface area is 256 Å². The molecule has 0 bridgehead atoms. The summed E-state index contributed by atoms with van der Waals surface area (Å²) in [6.45, 7) is 7.16. The predicted octanol–water partition coefficient (Wildman–Crippen LogP) is 3.20. The lowest BCUT2D eigenvalue weighted by Gasteiger charge is -2.35. The molecule has 3 heterocycles. The molecule has 8 nitrogen and oxygen atoms in total. The van der Waals surface area contributed by atoms with E-state index in [1.54, 1.807) is 0 Å². The lowest BCUT2D eigenvalue weighted by atomic mass is 9.80. The van der Waals surface area contributed by atoms with Gasteiger partial charge in [0.1, 0.15) is 0 Å². The number of nitrogens with one attached hydrogen (secondary N) is 1. The highest BCUT2D eigenvalue weighted by Gasteiger charge is 2.36. The number of carbonyl (C=O) groups is 2. The average molecular weight is 588 g/mol. The normalized spacial score (nSPS) is 19.7. The summed E-state index contributed by atoms with van der Waals surface area (Å²) in [6, 6.07) is 21.8. The van der Waals surface area contributed by atoms with Gasteiger partial charge >= 0.3 is 0 Å². The quantitative estimate of drug-likeness (QED) is 0.375. The highest BCUT2D eigenvalue weighted by atomic mass is 16.2. The zero-order chi connectivity index (χ0) is 30.5. The van der Waals surface area contributed by atoms with Gasteiger partial charge in [0.15, 0.2) is 0 Å². The second kappa shape index (κ2) is 11.2. The minimum atomic E-state index is -0.242. The second-order valence-corrected chi connectivity index (χ2v) is 12.6. The summed E-state index contributed by atoms with van der Waals surface area (Å²) in [5, 5.41) is 2.58. The Bertz CT molecular complexity index is 1920. The summed E-state index contributed by atoms with van der Waals surface area (Å²) < 4.78 is 0. The monoisotopic (exact) mass is 587 g/mol. The van der Waals surface area contributed by atoms with Gasteiger partial charge in [0, 0.05) is 60.7 Å². The van der Waals surface area contributed by atoms with E-state index in [4.69, 9.17) is 4.99 Å². The van der Waals surface area contributed by atoms with Gasteiger partial charge in [0.05, 0.1) is 22.7 Å². The maximum atomic E-state index is 13.5. The number of hydrogen-bond acceptors (Lipinski definition) is 5. The molecule has 2 amide bonds. The topological polar surface area (TPSA) is 89.1 Å². The summed E-state index contributed by atoms with van der Waals surface area (Å²) in [5.41, 5.74) is 4.70. The van der Waals surface area contributed by atoms with Crippen molar-refractivity contribution in [3.8, 4) is 0 Å². The molecular formula is C36H37N5O3. The Morgan fingerprint density at radius 1 is 0.909 bits per heavy atom. The smallest absolute Gasteiger partial charge is 0.253 e. The zero-order valence-electron chi connectivity index (χ0n) is 25.3. The Morgan fingerprint density at radius 2 is 1.57 bits per heavy atom. The lowest BCUT2D eigenvalue weighted by Crippen LogP contribution is -2.51. The summed E-state index contributed by atoms with van der Waals surface area (Å²) in [5.74, 6) is 0.205. The van der Waals surface area contributed by atoms with Crippen molar-refractivity contribution in [3.05, 3.63) is 116 Å². The first-order valence-corrected chi connectivity index (χ1v) is 15.4. The van der Waals surface area contributed by atoms with Crippen molar-refractivity contribution in [3.63, 3.8) is 0 Å². The predicted molar refractivity (Wildman–Crippen MR) is 171 cm³/mol. The van der Waals surface area contributed by atoms with Crippen molar-refractivity contribution in [2.24, 2.45) is 10.9 Å². The van der Waals surface area contributed by atoms with Crippen molar-refractivity contribution in [1.29, 1.82) is 0 Å². The SMILES string of the molecule is C=c1[nH]c2c3c(cccc3c1=O)=NC(c1ccc(CN(C)C)cc1)C2c1ccc(C(=O)N2CCN(C(=O)C3CC3)CC2)cc1. The van der Waals surface area contributed by atoms with Gasteiger partial charge in [-0.3, -0.25) is 19.4 Å². The molecule has 2 unspecified atom stereocenters. The molecule has 2 atom stereocenters. The molecule has 0 radical (unpaired) electrons. The van der Waals surface area contributed by atoms with Crippen LogP contribution in [0.5, 0.6) is 0 Å². The van der Waals surface area contributed by atoms with Gasteiger partial charge in [-0.05, 0) is 61.8 Å². The van der Waals surface area contributed by atoms with Crippen LogP contribution < -0.4 is 16.1 Å². The number of amides is 2. The van der Waals surface area contributed by atoms with Crippen LogP contribution in [0.3, 0.4) is 0 Å². The number of pyridine rings is 1. The van der Waals surface area contributed by atoms with E-state index in [0.29, 0.717) is 42.5 Å². The molecule has 0 spiro atoms. The largest absolute Gasteiger partial charge is 0.355 e. The van der Waals surface area contributed by atoms with Gasteiger partial charge in [-0.15, -0.1) is 0 Å². The van der Waals surface area contributed by atoms with Gasteiger partial charge in [-0.1, -0.05) is 55.1 Å². The molecule has 3 aromatic carbocycles. The summed E-state index contributed by atoms with van der Waals surface area (Å²) in [7, 11) is 4.11. The average Bonchev–Trinajstić information content (AvgIpc) is 3.89. The zero-order valence-corrected chi connectivity index (χ0v) is 25.3. The molecular weight excluding hydrogens is 550 g/mol. The summed E-state index contributed by atoms with van der Waals surface area (Å²) in [4.78, 5) is 53.4. The van der Waals surface area contributed by atoms with E-state index in [2.05, 4.69) is 54.8 Å². The van der Waals surface area contributed by atoms with E-state index >= 15 is 0 Å². The van der Waals surface area contributed by atoms with E-state index in [0.717, 1.165) is 47.0 Å². The third kappa shape index (κ3) is 5.13. The van der Waals surface area contributed by atoms with E-state index in [1.807, 2.05) is 52.3 Å². The molecule has 2 aliphatic heterocycles. The molecule has 1 saturated heterocycles. The number of carbonyl (C=O) groups excluding carboxylic acids is 2. The minimum absolute atomic E-state index is 0.0218. The van der Waals surface area contributed by atoms with E-state index < -0.39 is 0 Å². The molecule has 224 valence electrons. The van der Waals surface area contributed by atoms with Crippen LogP contribution in [-0.4, -0.2) is 71.8 Å². The number of hydrogen-bond donors (Lipinski definition) is 1. The van der Waals surface area contributed by atoms with Crippen LogP contribution in [0.1, 0.15) is 57.5 Å². The fourth-order valence-corrected chi connectivity index (χ4v) is 6.72. The Hall–Kier alpha value is -4.56. The summed E-state index contributed by atoms with van der Waals surface area (Å²) in [6.07, 6.45) is 1.99. The molecule has 2 fully saturated rings. The van der Waals surface area contributed by atoms with Gasteiger partial charge in [0.2, 0.25) is 11.3 Å². The molecule has 1 N–H and O–H groups in total. The van der Waals surface area contributed by atoms with Crippen LogP contribution in [0.25, 0.3) is 17.4 Å². The number of nitrogens with zero attached hydrogens (tertiary/aromatic N) is 4. The first-order chi connectivity index (χ1) is 21.3. The van der Waals surface area contributed by atoms with Crippen LogP contribution in [0.2, 0.25) is 0 Å². The summed E-state index contributed by atoms with van der Waals surface area (Å²) >= 11 is 0. The van der Waals surface area contributed by atoms with E-state index in [9.17, 15) is 14.4 Å². The van der Waals surface area contributed by atoms with Crippen molar-refractivity contribution in [2.75, 3.05) is 40.3 Å². The molecule has 4 aromatic rings. The van der Waals surface area contributed by atoms with Crippen LogP contribution in [0, 0.1) is 5.92 Å². The Morgan fingerprint density at radius 3 is 2.23 bits per heavy atom.